The molecule has 1 atom stereocenters. The Kier molecular flexibility index (Phi) is 7.17. The van der Waals surface area contributed by atoms with E-state index in [0.717, 1.165) is 34.0 Å². The zero-order valence-corrected chi connectivity index (χ0v) is 19.5. The van der Waals surface area contributed by atoms with Crippen LogP contribution in [-0.4, -0.2) is 44.0 Å². The van der Waals surface area contributed by atoms with Crippen molar-refractivity contribution in [3.05, 3.63) is 47.8 Å². The number of aryl methyl sites for hydroxylation is 1. The van der Waals surface area contributed by atoms with Gasteiger partial charge in [0.05, 0.1) is 20.8 Å². The van der Waals surface area contributed by atoms with Crippen LogP contribution in [0.1, 0.15) is 25.2 Å². The number of nitrogens with zero attached hydrogens (tertiary/aromatic N) is 2. The lowest BCUT2D eigenvalue weighted by molar-refractivity contribution is -0.113. The number of aldehydes is 1. The second kappa shape index (κ2) is 9.65. The first-order valence-corrected chi connectivity index (χ1v) is 11.9. The van der Waals surface area contributed by atoms with E-state index in [9.17, 15) is 4.79 Å². The van der Waals surface area contributed by atoms with Crippen LogP contribution >= 0.6 is 8.15 Å². The van der Waals surface area contributed by atoms with E-state index in [4.69, 9.17) is 17.1 Å². The van der Waals surface area contributed by atoms with Gasteiger partial charge in [0.15, 0.2) is 11.5 Å². The third kappa shape index (κ3) is 5.95. The highest BCUT2D eigenvalue weighted by atomic mass is 31.1. The van der Waals surface area contributed by atoms with Crippen LogP contribution in [0.25, 0.3) is 10.9 Å². The minimum absolute atomic E-state index is 0.429. The van der Waals surface area contributed by atoms with Gasteiger partial charge < -0.3 is 19.4 Å². The summed E-state index contributed by atoms with van der Waals surface area (Å²) in [5.41, 5.74) is 2.11. The quantitative estimate of drug-likeness (QED) is 0.312. The third-order valence-electron chi connectivity index (χ3n) is 4.71. The van der Waals surface area contributed by atoms with E-state index in [-0.39, 0.29) is 0 Å². The molecule has 1 unspecified atom stereocenters. The van der Waals surface area contributed by atoms with Crippen LogP contribution in [0.5, 0.6) is 11.5 Å². The van der Waals surface area contributed by atoms with Gasteiger partial charge in [-0.3, -0.25) is 0 Å². The summed E-state index contributed by atoms with van der Waals surface area (Å²) in [7, 11) is 6.62. The fourth-order valence-corrected chi connectivity index (χ4v) is 5.08. The molecule has 0 fully saturated rings. The molecule has 1 heterocycles. The number of carbonyl (C=O) groups is 1. The van der Waals surface area contributed by atoms with Gasteiger partial charge in [-0.2, -0.15) is 0 Å². The van der Waals surface area contributed by atoms with Crippen LogP contribution < -0.4 is 20.0 Å². The van der Waals surface area contributed by atoms with E-state index >= 15 is 0 Å². The van der Waals surface area contributed by atoms with Crippen molar-refractivity contribution in [3.8, 4) is 11.5 Å². The van der Waals surface area contributed by atoms with Gasteiger partial charge in [0.25, 0.3) is 0 Å². The van der Waals surface area contributed by atoms with Crippen molar-refractivity contribution in [2.24, 2.45) is 5.41 Å². The molecule has 6 nitrogen and oxygen atoms in total. The molecule has 1 aromatic heterocycles. The van der Waals surface area contributed by atoms with E-state index in [1.165, 1.54) is 0 Å². The summed E-state index contributed by atoms with van der Waals surface area (Å²) in [6, 6.07) is 11.5. The summed E-state index contributed by atoms with van der Waals surface area (Å²) in [6.45, 7) is 8.27. The molecule has 0 bridgehead atoms. The topological polar surface area (TPSA) is 73.3 Å². The molecule has 3 rings (SSSR count). The van der Waals surface area contributed by atoms with Gasteiger partial charge in [0.1, 0.15) is 25.8 Å². The molecule has 0 aliphatic heterocycles. The van der Waals surface area contributed by atoms with Crippen molar-refractivity contribution in [3.63, 3.8) is 0 Å². The Hall–Kier alpha value is -2.66. The predicted octanol–water partition coefficient (Wildman–Crippen LogP) is 3.98. The second-order valence-electron chi connectivity index (χ2n) is 8.22. The minimum atomic E-state index is -0.866. The Morgan fingerprint density at radius 1 is 1.19 bits per heavy atom. The molecule has 0 saturated heterocycles. The fraction of sp³-hybridized carbons (Fsp3) is 0.348. The largest absolute Gasteiger partial charge is 0.493 e. The number of anilines is 1. The molecule has 160 valence electrons. The second-order valence-corrected chi connectivity index (χ2v) is 9.98. The summed E-state index contributed by atoms with van der Waals surface area (Å²) in [5.74, 6) is 2.59. The Morgan fingerprint density at radius 2 is 1.97 bits per heavy atom. The number of hydrogen-bond acceptors (Lipinski definition) is 6. The molecule has 2 radical (unpaired) electrons. The number of methoxy groups -OCH3 is 1. The average molecular weight is 435 g/mol. The third-order valence-corrected chi connectivity index (χ3v) is 6.48. The normalized spacial score (nSPS) is 12.4. The molecular weight excluding hydrogens is 408 g/mol. The van der Waals surface area contributed by atoms with Crippen molar-refractivity contribution in [2.45, 2.75) is 27.3 Å². The highest BCUT2D eigenvalue weighted by Crippen LogP contribution is 2.44. The monoisotopic (exact) mass is 435 g/mol. The van der Waals surface area contributed by atoms with E-state index < -0.39 is 13.6 Å². The summed E-state index contributed by atoms with van der Waals surface area (Å²) < 4.78 is 11.8. The minimum Gasteiger partial charge on any atom is -0.493 e. The summed E-state index contributed by atoms with van der Waals surface area (Å²) in [4.78, 5) is 20.4. The number of rotatable bonds is 9. The Bertz CT molecular complexity index is 1090. The van der Waals surface area contributed by atoms with E-state index in [0.29, 0.717) is 30.0 Å². The van der Waals surface area contributed by atoms with E-state index in [2.05, 4.69) is 15.3 Å². The average Bonchev–Trinajstić information content (AvgIpc) is 2.71. The maximum Gasteiger partial charge on any atom is 0.167 e. The molecule has 2 aromatic carbocycles. The van der Waals surface area contributed by atoms with Crippen molar-refractivity contribution in [1.82, 2.24) is 9.97 Å². The molecule has 0 aliphatic carbocycles. The maximum atomic E-state index is 11.3. The van der Waals surface area contributed by atoms with Gasteiger partial charge in [-0.1, -0.05) is 43.6 Å². The van der Waals surface area contributed by atoms with E-state index in [1.54, 1.807) is 7.11 Å². The molecule has 0 spiro atoms. The number of aromatic nitrogens is 2. The van der Waals surface area contributed by atoms with E-state index in [1.807, 2.05) is 63.8 Å². The molecule has 0 saturated carbocycles. The standard InChI is InChI=1S/C23H27BN3O3P/c1-15-26-19-11-21(30-31(5)14-23(2,3)13-28)20(29-4)10-18(19)22(27-15)25-12-16-7-6-8-17(24)9-16/h6-11,13H,12,14H2,1-5H3,(H,25,26,27). The van der Waals surface area contributed by atoms with Gasteiger partial charge >= 0.3 is 0 Å². The van der Waals surface area contributed by atoms with Crippen LogP contribution in [0, 0.1) is 12.3 Å². The van der Waals surface area contributed by atoms with Crippen molar-refractivity contribution < 1.29 is 14.1 Å². The van der Waals surface area contributed by atoms with Crippen LogP contribution in [0.4, 0.5) is 5.82 Å². The lowest BCUT2D eigenvalue weighted by atomic mass is 9.94. The summed E-state index contributed by atoms with van der Waals surface area (Å²) in [5, 5.41) is 4.22. The molecule has 1 N–H and O–H groups in total. The molecule has 0 amide bonds. The zero-order chi connectivity index (χ0) is 22.6. The lowest BCUT2D eigenvalue weighted by Gasteiger charge is -2.23. The van der Waals surface area contributed by atoms with Gasteiger partial charge in [-0.25, -0.2) is 9.97 Å². The van der Waals surface area contributed by atoms with Crippen LogP contribution in [0.3, 0.4) is 0 Å². The molecule has 8 heteroatoms. The Morgan fingerprint density at radius 3 is 2.65 bits per heavy atom. The van der Waals surface area contributed by atoms with Gasteiger partial charge in [-0.05, 0) is 25.2 Å². The number of hydrogen-bond donors (Lipinski definition) is 1. The van der Waals surface area contributed by atoms with Gasteiger partial charge in [0, 0.05) is 29.6 Å². The molecular formula is C23H27BN3O3P. The maximum absolute atomic E-state index is 11.3. The molecule has 0 aliphatic rings. The smallest absolute Gasteiger partial charge is 0.167 e. The van der Waals surface area contributed by atoms with Crippen molar-refractivity contribution >= 4 is 44.5 Å². The van der Waals surface area contributed by atoms with Gasteiger partial charge in [-0.15, -0.1) is 0 Å². The summed E-state index contributed by atoms with van der Waals surface area (Å²) >= 11 is 0. The first-order chi connectivity index (χ1) is 14.7. The number of carbonyl (C=O) groups excluding carboxylic acids is 1. The van der Waals surface area contributed by atoms with Crippen LogP contribution in [-0.2, 0) is 11.3 Å². The molecule has 31 heavy (non-hydrogen) atoms. The Balaban J connectivity index is 1.91. The Labute approximate surface area is 186 Å². The zero-order valence-electron chi connectivity index (χ0n) is 18.6. The number of benzene rings is 2. The van der Waals surface area contributed by atoms with Crippen LogP contribution in [0.15, 0.2) is 36.4 Å². The predicted molar refractivity (Wildman–Crippen MR) is 128 cm³/mol. The van der Waals surface area contributed by atoms with Crippen molar-refractivity contribution in [1.29, 1.82) is 0 Å². The SMILES string of the molecule is [B]c1cccc(CNc2nc(C)nc3cc(OP(C)CC(C)(C)C=O)c(OC)cc23)c1. The highest BCUT2D eigenvalue weighted by Gasteiger charge is 2.23. The number of ether oxygens (including phenoxy) is 1. The van der Waals surface area contributed by atoms with Gasteiger partial charge in [0.2, 0.25) is 0 Å². The highest BCUT2D eigenvalue weighted by molar-refractivity contribution is 7.52. The number of nitrogens with one attached hydrogen (secondary N) is 1. The molecule has 3 aromatic rings. The fourth-order valence-electron chi connectivity index (χ4n) is 3.32. The summed E-state index contributed by atoms with van der Waals surface area (Å²) in [6.07, 6.45) is 1.63. The first-order valence-electron chi connectivity index (χ1n) is 10.0. The first kappa shape index (κ1) is 23.0. The van der Waals surface area contributed by atoms with Crippen molar-refractivity contribution in [2.75, 3.05) is 25.3 Å². The number of fused-ring (bicyclic) bond motifs is 1. The lowest BCUT2D eigenvalue weighted by Crippen LogP contribution is -2.18. The van der Waals surface area contributed by atoms with Crippen LogP contribution in [0.2, 0.25) is 0 Å².